The Labute approximate surface area is 142 Å². The zero-order valence-corrected chi connectivity index (χ0v) is 14.4. The minimum atomic E-state index is -0.0856. The number of hydrogen-bond donors (Lipinski definition) is 2. The van der Waals surface area contributed by atoms with E-state index in [0.717, 1.165) is 43.1 Å². The fourth-order valence-corrected chi connectivity index (χ4v) is 3.51. The van der Waals surface area contributed by atoms with Gasteiger partial charge in [-0.3, -0.25) is 14.8 Å². The molecule has 128 valence electrons. The maximum Gasteiger partial charge on any atom is 0.254 e. The van der Waals surface area contributed by atoms with E-state index in [-0.39, 0.29) is 5.91 Å². The Balaban J connectivity index is 1.72. The third kappa shape index (κ3) is 3.14. The molecule has 1 aromatic heterocycles. The van der Waals surface area contributed by atoms with Crippen molar-refractivity contribution in [3.63, 3.8) is 0 Å². The summed E-state index contributed by atoms with van der Waals surface area (Å²) < 4.78 is 5.55. The molecule has 6 heteroatoms. The summed E-state index contributed by atoms with van der Waals surface area (Å²) in [4.78, 5) is 14.3. The molecule has 0 aliphatic carbocycles. The molecule has 1 aliphatic heterocycles. The number of hydrogen-bond acceptors (Lipinski definition) is 4. The fourth-order valence-electron chi connectivity index (χ4n) is 3.51. The lowest BCUT2D eigenvalue weighted by Crippen LogP contribution is -2.22. The van der Waals surface area contributed by atoms with Gasteiger partial charge in [0.2, 0.25) is 0 Å². The number of carbonyl (C=O) groups excluding carboxylic acids is 1. The van der Waals surface area contributed by atoms with Crippen LogP contribution in [-0.2, 0) is 6.54 Å². The van der Waals surface area contributed by atoms with Gasteiger partial charge in [-0.2, -0.15) is 5.10 Å². The molecule has 2 aromatic rings. The topological polar surface area (TPSA) is 70.2 Å². The molecule has 24 heavy (non-hydrogen) atoms. The minimum absolute atomic E-state index is 0.0856. The number of nitrogens with one attached hydrogen (secondary N) is 2. The summed E-state index contributed by atoms with van der Waals surface area (Å²) in [6.07, 6.45) is 2.63. The summed E-state index contributed by atoms with van der Waals surface area (Å²) in [6.45, 7) is 4.82. The molecule has 0 bridgehead atoms. The molecular formula is C18H24N4O2. The van der Waals surface area contributed by atoms with Crippen molar-refractivity contribution >= 4 is 5.91 Å². The van der Waals surface area contributed by atoms with Gasteiger partial charge in [0.25, 0.3) is 5.91 Å². The number of carbonyl (C=O) groups is 1. The lowest BCUT2D eigenvalue weighted by Gasteiger charge is -2.19. The van der Waals surface area contributed by atoms with E-state index in [1.165, 1.54) is 5.56 Å². The maximum absolute atomic E-state index is 11.9. The Kier molecular flexibility index (Phi) is 4.85. The quantitative estimate of drug-likeness (QED) is 0.881. The fraction of sp³-hybridized carbons (Fsp3) is 0.444. The first kappa shape index (κ1) is 16.5. The number of aryl methyl sites for hydroxylation is 1. The van der Waals surface area contributed by atoms with Crippen LogP contribution in [0.5, 0.6) is 5.75 Å². The minimum Gasteiger partial charge on any atom is -0.496 e. The Bertz CT molecular complexity index is 726. The van der Waals surface area contributed by atoms with Crippen LogP contribution in [-0.4, -0.2) is 48.3 Å². The Morgan fingerprint density at radius 2 is 2.33 bits per heavy atom. The molecule has 1 atom stereocenters. The van der Waals surface area contributed by atoms with Crippen LogP contribution in [0, 0.1) is 6.92 Å². The molecule has 1 aliphatic rings. The highest BCUT2D eigenvalue weighted by molar-refractivity contribution is 5.95. The van der Waals surface area contributed by atoms with Crippen LogP contribution in [0.2, 0.25) is 0 Å². The average Bonchev–Trinajstić information content (AvgIpc) is 3.23. The molecule has 1 amide bonds. The van der Waals surface area contributed by atoms with Crippen molar-refractivity contribution in [1.82, 2.24) is 20.4 Å². The van der Waals surface area contributed by atoms with Gasteiger partial charge in [0.15, 0.2) is 0 Å². The van der Waals surface area contributed by atoms with Crippen LogP contribution < -0.4 is 10.1 Å². The second-order valence-electron chi connectivity index (χ2n) is 6.26. The van der Waals surface area contributed by atoms with E-state index in [1.54, 1.807) is 20.4 Å². The van der Waals surface area contributed by atoms with E-state index in [0.29, 0.717) is 11.5 Å². The van der Waals surface area contributed by atoms with Crippen molar-refractivity contribution in [3.8, 4) is 5.75 Å². The Hall–Kier alpha value is -2.34. The number of methoxy groups -OCH3 is 1. The van der Waals surface area contributed by atoms with Crippen LogP contribution in [0.15, 0.2) is 24.4 Å². The second-order valence-corrected chi connectivity index (χ2v) is 6.26. The van der Waals surface area contributed by atoms with Gasteiger partial charge < -0.3 is 10.1 Å². The van der Waals surface area contributed by atoms with Gasteiger partial charge in [-0.05, 0) is 25.5 Å². The molecule has 2 N–H and O–H groups in total. The van der Waals surface area contributed by atoms with Crippen LogP contribution in [0.3, 0.4) is 0 Å². The zero-order valence-electron chi connectivity index (χ0n) is 14.4. The molecular weight excluding hydrogens is 304 g/mol. The van der Waals surface area contributed by atoms with Gasteiger partial charge in [-0.1, -0.05) is 18.2 Å². The number of para-hydroxylation sites is 1. The first-order valence-electron chi connectivity index (χ1n) is 8.24. The highest BCUT2D eigenvalue weighted by Gasteiger charge is 2.29. The average molecular weight is 328 g/mol. The van der Waals surface area contributed by atoms with Crippen LogP contribution in [0.1, 0.15) is 39.5 Å². The molecule has 2 heterocycles. The van der Waals surface area contributed by atoms with Gasteiger partial charge in [0.1, 0.15) is 5.75 Å². The summed E-state index contributed by atoms with van der Waals surface area (Å²) in [6, 6.07) is 6.25. The molecule has 1 fully saturated rings. The first-order chi connectivity index (χ1) is 11.6. The number of aromatic nitrogens is 2. The highest BCUT2D eigenvalue weighted by Crippen LogP contribution is 2.31. The van der Waals surface area contributed by atoms with Gasteiger partial charge >= 0.3 is 0 Å². The van der Waals surface area contributed by atoms with E-state index in [4.69, 9.17) is 4.74 Å². The summed E-state index contributed by atoms with van der Waals surface area (Å²) in [5.74, 6) is 1.18. The van der Waals surface area contributed by atoms with Crippen molar-refractivity contribution in [1.29, 1.82) is 0 Å². The monoisotopic (exact) mass is 328 g/mol. The van der Waals surface area contributed by atoms with Gasteiger partial charge in [0.05, 0.1) is 24.6 Å². The van der Waals surface area contributed by atoms with Gasteiger partial charge in [-0.15, -0.1) is 0 Å². The first-order valence-corrected chi connectivity index (χ1v) is 8.24. The van der Waals surface area contributed by atoms with Crippen molar-refractivity contribution in [3.05, 3.63) is 46.8 Å². The predicted octanol–water partition coefficient (Wildman–Crippen LogP) is 2.08. The smallest absolute Gasteiger partial charge is 0.254 e. The predicted molar refractivity (Wildman–Crippen MR) is 92.3 cm³/mol. The van der Waals surface area contributed by atoms with E-state index in [2.05, 4.69) is 45.5 Å². The number of amides is 1. The van der Waals surface area contributed by atoms with Crippen molar-refractivity contribution < 1.29 is 9.53 Å². The highest BCUT2D eigenvalue weighted by atomic mass is 16.5. The Morgan fingerprint density at radius 3 is 3.08 bits per heavy atom. The number of aromatic amines is 1. The summed E-state index contributed by atoms with van der Waals surface area (Å²) >= 11 is 0. The van der Waals surface area contributed by atoms with Crippen molar-refractivity contribution in [2.75, 3.05) is 27.2 Å². The molecule has 0 radical (unpaired) electrons. The largest absolute Gasteiger partial charge is 0.496 e. The van der Waals surface area contributed by atoms with E-state index in [9.17, 15) is 4.79 Å². The zero-order chi connectivity index (χ0) is 17.1. The van der Waals surface area contributed by atoms with E-state index >= 15 is 0 Å². The van der Waals surface area contributed by atoms with Gasteiger partial charge in [0, 0.05) is 31.6 Å². The van der Waals surface area contributed by atoms with Crippen molar-refractivity contribution in [2.45, 2.75) is 25.8 Å². The SMILES string of the molecule is CNC(=O)c1cn[nH]c1C1CCN(Cc2cccc(C)c2OC)C1. The lowest BCUT2D eigenvalue weighted by atomic mass is 10.0. The van der Waals surface area contributed by atoms with Crippen LogP contribution in [0.4, 0.5) is 0 Å². The van der Waals surface area contributed by atoms with Gasteiger partial charge in [-0.25, -0.2) is 0 Å². The molecule has 3 rings (SSSR count). The number of likely N-dealkylation sites (tertiary alicyclic amines) is 1. The molecule has 1 aromatic carbocycles. The summed E-state index contributed by atoms with van der Waals surface area (Å²) in [7, 11) is 3.36. The van der Waals surface area contributed by atoms with Crippen LogP contribution >= 0.6 is 0 Å². The standard InChI is InChI=1S/C18H24N4O2/c1-12-5-4-6-14(17(12)24-3)11-22-8-7-13(10-22)16-15(9-20-21-16)18(23)19-2/h4-6,9,13H,7-8,10-11H2,1-3H3,(H,19,23)(H,20,21). The summed E-state index contributed by atoms with van der Waals surface area (Å²) in [5, 5.41) is 9.75. The molecule has 0 spiro atoms. The third-order valence-corrected chi connectivity index (χ3v) is 4.71. The Morgan fingerprint density at radius 1 is 1.50 bits per heavy atom. The normalized spacial score (nSPS) is 17.9. The number of benzene rings is 1. The molecule has 1 saturated heterocycles. The number of ether oxygens (including phenoxy) is 1. The molecule has 0 saturated carbocycles. The van der Waals surface area contributed by atoms with E-state index in [1.807, 2.05) is 0 Å². The molecule has 6 nitrogen and oxygen atoms in total. The molecule has 1 unspecified atom stereocenters. The lowest BCUT2D eigenvalue weighted by molar-refractivity contribution is 0.0961. The summed E-state index contributed by atoms with van der Waals surface area (Å²) in [5.41, 5.74) is 3.95. The number of nitrogens with zero attached hydrogens (tertiary/aromatic N) is 2. The third-order valence-electron chi connectivity index (χ3n) is 4.71. The number of H-pyrrole nitrogens is 1. The maximum atomic E-state index is 11.9. The van der Waals surface area contributed by atoms with Crippen LogP contribution in [0.25, 0.3) is 0 Å². The van der Waals surface area contributed by atoms with E-state index < -0.39 is 0 Å². The number of rotatable bonds is 5. The second kappa shape index (κ2) is 7.05. The van der Waals surface area contributed by atoms with Crippen molar-refractivity contribution in [2.24, 2.45) is 0 Å².